The molecule has 0 radical (unpaired) electrons. The Morgan fingerprint density at radius 1 is 1.16 bits per heavy atom. The number of ether oxygens (including phenoxy) is 1. The molecule has 2 aromatic carbocycles. The average Bonchev–Trinajstić information content (AvgIpc) is 2.54. The van der Waals surface area contributed by atoms with Gasteiger partial charge in [-0.15, -0.1) is 0 Å². The van der Waals surface area contributed by atoms with E-state index in [1.807, 2.05) is 24.3 Å². The first-order valence-corrected chi connectivity index (χ1v) is 8.11. The molecular weight excluding hydrogens is 320 g/mol. The van der Waals surface area contributed by atoms with Crippen molar-refractivity contribution < 1.29 is 14.5 Å². The van der Waals surface area contributed by atoms with Gasteiger partial charge in [0.25, 0.3) is 11.6 Å². The molecule has 1 N–H and O–H groups in total. The van der Waals surface area contributed by atoms with E-state index in [-0.39, 0.29) is 17.5 Å². The first kappa shape index (κ1) is 18.4. The average molecular weight is 342 g/mol. The molecular formula is C19H22N2O4. The number of nitro groups is 1. The first-order valence-electron chi connectivity index (χ1n) is 8.11. The van der Waals surface area contributed by atoms with Crippen molar-refractivity contribution >= 4 is 17.3 Å². The van der Waals surface area contributed by atoms with E-state index in [9.17, 15) is 14.9 Å². The highest BCUT2D eigenvalue weighted by Crippen LogP contribution is 2.25. The zero-order valence-electron chi connectivity index (χ0n) is 14.8. The minimum absolute atomic E-state index is 0.0234. The summed E-state index contributed by atoms with van der Waals surface area (Å²) in [5, 5.41) is 13.7. The van der Waals surface area contributed by atoms with E-state index in [0.29, 0.717) is 11.3 Å². The van der Waals surface area contributed by atoms with Crippen LogP contribution >= 0.6 is 0 Å². The van der Waals surface area contributed by atoms with Crippen LogP contribution in [0.5, 0.6) is 5.75 Å². The van der Waals surface area contributed by atoms with Gasteiger partial charge in [0, 0.05) is 17.3 Å². The summed E-state index contributed by atoms with van der Waals surface area (Å²) in [7, 11) is 0. The number of nitro benzene ring substituents is 1. The summed E-state index contributed by atoms with van der Waals surface area (Å²) in [6.45, 7) is 7.40. The molecule has 0 heterocycles. The van der Waals surface area contributed by atoms with Crippen LogP contribution in [0.4, 0.5) is 11.4 Å². The fourth-order valence-corrected chi connectivity index (χ4v) is 2.51. The Labute approximate surface area is 147 Å². The predicted octanol–water partition coefficient (Wildman–Crippen LogP) is 4.43. The van der Waals surface area contributed by atoms with Crippen LogP contribution in [0.1, 0.15) is 37.8 Å². The van der Waals surface area contributed by atoms with Crippen LogP contribution in [0.2, 0.25) is 0 Å². The van der Waals surface area contributed by atoms with E-state index in [4.69, 9.17) is 4.74 Å². The predicted molar refractivity (Wildman–Crippen MR) is 97.1 cm³/mol. The Bertz CT molecular complexity index is 787. The molecule has 0 aliphatic carbocycles. The smallest absolute Gasteiger partial charge is 0.272 e. The van der Waals surface area contributed by atoms with Crippen LogP contribution in [0.25, 0.3) is 0 Å². The highest BCUT2D eigenvalue weighted by atomic mass is 16.6. The number of nitrogens with zero attached hydrogens (tertiary/aromatic N) is 1. The molecule has 0 aliphatic heterocycles. The maximum atomic E-state index is 12.4. The van der Waals surface area contributed by atoms with Crippen LogP contribution in [0, 0.1) is 17.0 Å². The summed E-state index contributed by atoms with van der Waals surface area (Å²) in [5.74, 6) is 0.428. The van der Waals surface area contributed by atoms with Gasteiger partial charge < -0.3 is 10.1 Å². The summed E-state index contributed by atoms with van der Waals surface area (Å²) < 4.78 is 5.63. The quantitative estimate of drug-likeness (QED) is 0.622. The lowest BCUT2D eigenvalue weighted by Gasteiger charge is -2.18. The second kappa shape index (κ2) is 7.79. The van der Waals surface area contributed by atoms with E-state index in [1.54, 1.807) is 19.9 Å². The topological polar surface area (TPSA) is 81.5 Å². The Hall–Kier alpha value is -2.89. The Kier molecular flexibility index (Phi) is 5.75. The summed E-state index contributed by atoms with van der Waals surface area (Å²) in [5.41, 5.74) is 2.32. The lowest BCUT2D eigenvalue weighted by Crippen LogP contribution is -2.30. The molecule has 1 atom stereocenters. The molecule has 1 amide bonds. The van der Waals surface area contributed by atoms with Crippen LogP contribution in [-0.2, 0) is 4.79 Å². The van der Waals surface area contributed by atoms with Gasteiger partial charge >= 0.3 is 0 Å². The van der Waals surface area contributed by atoms with Crippen LogP contribution in [0.15, 0.2) is 42.5 Å². The molecule has 2 aromatic rings. The van der Waals surface area contributed by atoms with Crippen molar-refractivity contribution in [3.8, 4) is 5.75 Å². The number of benzene rings is 2. The van der Waals surface area contributed by atoms with Gasteiger partial charge in [-0.05, 0) is 43.5 Å². The van der Waals surface area contributed by atoms with Gasteiger partial charge in [0.2, 0.25) is 0 Å². The van der Waals surface area contributed by atoms with Crippen molar-refractivity contribution in [1.82, 2.24) is 0 Å². The van der Waals surface area contributed by atoms with Crippen molar-refractivity contribution in [2.75, 3.05) is 5.32 Å². The molecule has 0 unspecified atom stereocenters. The summed E-state index contributed by atoms with van der Waals surface area (Å²) in [6, 6.07) is 12.1. The highest BCUT2D eigenvalue weighted by molar-refractivity contribution is 5.94. The number of para-hydroxylation sites is 1. The van der Waals surface area contributed by atoms with Crippen molar-refractivity contribution in [3.05, 3.63) is 63.7 Å². The standard InChI is InChI=1S/C19H22N2O4/c1-12(2)16-7-5-6-8-17(16)20-19(22)14(4)25-15-9-10-18(21(23)24)13(3)11-15/h5-12,14H,1-4H3,(H,20,22)/t14-/m1/s1. The van der Waals surface area contributed by atoms with Crippen molar-refractivity contribution in [2.45, 2.75) is 39.7 Å². The molecule has 0 spiro atoms. The fraction of sp³-hybridized carbons (Fsp3) is 0.316. The molecule has 0 saturated carbocycles. The van der Waals surface area contributed by atoms with Gasteiger partial charge in [0.15, 0.2) is 6.10 Å². The number of amides is 1. The third kappa shape index (κ3) is 4.56. The van der Waals surface area contributed by atoms with Gasteiger partial charge in [-0.3, -0.25) is 14.9 Å². The molecule has 25 heavy (non-hydrogen) atoms. The molecule has 6 heteroatoms. The van der Waals surface area contributed by atoms with E-state index < -0.39 is 11.0 Å². The lowest BCUT2D eigenvalue weighted by atomic mass is 10.0. The van der Waals surface area contributed by atoms with Crippen LogP contribution < -0.4 is 10.1 Å². The second-order valence-corrected chi connectivity index (χ2v) is 6.20. The number of hydrogen-bond donors (Lipinski definition) is 1. The van der Waals surface area contributed by atoms with Gasteiger partial charge in [-0.25, -0.2) is 0 Å². The Balaban J connectivity index is 2.09. The SMILES string of the molecule is Cc1cc(O[C@H](C)C(=O)Nc2ccccc2C(C)C)ccc1[N+](=O)[O-]. The molecule has 2 rings (SSSR count). The maximum Gasteiger partial charge on any atom is 0.272 e. The van der Waals surface area contributed by atoms with Crippen LogP contribution in [0.3, 0.4) is 0 Å². The minimum Gasteiger partial charge on any atom is -0.481 e. The van der Waals surface area contributed by atoms with Crippen molar-refractivity contribution in [2.24, 2.45) is 0 Å². The largest absolute Gasteiger partial charge is 0.481 e. The third-order valence-electron chi connectivity index (χ3n) is 3.89. The van der Waals surface area contributed by atoms with Crippen LogP contribution in [-0.4, -0.2) is 16.9 Å². The Morgan fingerprint density at radius 3 is 2.44 bits per heavy atom. The molecule has 0 bridgehead atoms. The molecule has 0 aromatic heterocycles. The number of anilines is 1. The molecule has 0 saturated heterocycles. The number of carbonyl (C=O) groups excluding carboxylic acids is 1. The number of carbonyl (C=O) groups is 1. The van der Waals surface area contributed by atoms with E-state index in [0.717, 1.165) is 11.3 Å². The number of hydrogen-bond acceptors (Lipinski definition) is 4. The highest BCUT2D eigenvalue weighted by Gasteiger charge is 2.18. The normalized spacial score (nSPS) is 11.9. The molecule has 0 fully saturated rings. The number of aryl methyl sites for hydroxylation is 1. The van der Waals surface area contributed by atoms with Gasteiger partial charge in [0.05, 0.1) is 4.92 Å². The van der Waals surface area contributed by atoms with Crippen molar-refractivity contribution in [3.63, 3.8) is 0 Å². The van der Waals surface area contributed by atoms with E-state index in [2.05, 4.69) is 19.2 Å². The molecule has 0 aliphatic rings. The zero-order valence-corrected chi connectivity index (χ0v) is 14.8. The monoisotopic (exact) mass is 342 g/mol. The van der Waals surface area contributed by atoms with E-state index >= 15 is 0 Å². The maximum absolute atomic E-state index is 12.4. The summed E-state index contributed by atoms with van der Waals surface area (Å²) >= 11 is 0. The van der Waals surface area contributed by atoms with Gasteiger partial charge in [-0.2, -0.15) is 0 Å². The summed E-state index contributed by atoms with van der Waals surface area (Å²) in [4.78, 5) is 22.8. The van der Waals surface area contributed by atoms with E-state index in [1.165, 1.54) is 12.1 Å². The zero-order chi connectivity index (χ0) is 18.6. The Morgan fingerprint density at radius 2 is 1.84 bits per heavy atom. The second-order valence-electron chi connectivity index (χ2n) is 6.20. The molecule has 132 valence electrons. The van der Waals surface area contributed by atoms with Gasteiger partial charge in [-0.1, -0.05) is 32.0 Å². The summed E-state index contributed by atoms with van der Waals surface area (Å²) in [6.07, 6.45) is -0.735. The first-order chi connectivity index (χ1) is 11.8. The lowest BCUT2D eigenvalue weighted by molar-refractivity contribution is -0.385. The molecule has 6 nitrogen and oxygen atoms in total. The van der Waals surface area contributed by atoms with Crippen molar-refractivity contribution in [1.29, 1.82) is 0 Å². The minimum atomic E-state index is -0.735. The van der Waals surface area contributed by atoms with Gasteiger partial charge in [0.1, 0.15) is 5.75 Å². The third-order valence-corrected chi connectivity index (χ3v) is 3.89. The number of rotatable bonds is 6. The number of nitrogens with one attached hydrogen (secondary N) is 1. The fourth-order valence-electron chi connectivity index (χ4n) is 2.51.